The number of rotatable bonds is 6. The topological polar surface area (TPSA) is 46.6 Å². The molecule has 0 unspecified atom stereocenters. The van der Waals surface area contributed by atoms with Gasteiger partial charge in [0.05, 0.1) is 13.0 Å². The third kappa shape index (κ3) is 4.76. The highest BCUT2D eigenvalue weighted by Gasteiger charge is 2.27. The Morgan fingerprint density at radius 2 is 1.88 bits per heavy atom. The van der Waals surface area contributed by atoms with Crippen LogP contribution in [-0.2, 0) is 9.53 Å². The first-order chi connectivity index (χ1) is 11.5. The monoisotopic (exact) mass is 339 g/mol. The SMILES string of the molecule is CCOC(=O)CCN(C(=O)c1ccc(F)c(F)c1)C1CCCCC1. The van der Waals surface area contributed by atoms with Crippen LogP contribution in [0, 0.1) is 11.6 Å². The van der Waals surface area contributed by atoms with Crippen LogP contribution in [0.5, 0.6) is 0 Å². The minimum Gasteiger partial charge on any atom is -0.466 e. The quantitative estimate of drug-likeness (QED) is 0.743. The Kier molecular flexibility index (Phi) is 6.70. The van der Waals surface area contributed by atoms with E-state index in [1.165, 1.54) is 6.07 Å². The largest absolute Gasteiger partial charge is 0.466 e. The molecule has 1 aliphatic carbocycles. The molecule has 0 bridgehead atoms. The molecular formula is C18H23F2NO3. The zero-order valence-electron chi connectivity index (χ0n) is 13.9. The highest BCUT2D eigenvalue weighted by Crippen LogP contribution is 2.24. The molecule has 0 atom stereocenters. The normalized spacial score (nSPS) is 15.1. The van der Waals surface area contributed by atoms with Crippen LogP contribution in [0.15, 0.2) is 18.2 Å². The predicted octanol–water partition coefficient (Wildman–Crippen LogP) is 3.69. The van der Waals surface area contributed by atoms with Crippen molar-refractivity contribution in [1.29, 1.82) is 0 Å². The maximum absolute atomic E-state index is 13.4. The van der Waals surface area contributed by atoms with Gasteiger partial charge in [0, 0.05) is 18.2 Å². The van der Waals surface area contributed by atoms with E-state index in [0.29, 0.717) is 6.61 Å². The van der Waals surface area contributed by atoms with E-state index >= 15 is 0 Å². The first kappa shape index (κ1) is 18.4. The molecule has 0 aliphatic heterocycles. The molecule has 0 saturated heterocycles. The highest BCUT2D eigenvalue weighted by atomic mass is 19.2. The summed E-state index contributed by atoms with van der Waals surface area (Å²) in [4.78, 5) is 26.0. The summed E-state index contributed by atoms with van der Waals surface area (Å²) in [6.45, 7) is 2.24. The zero-order chi connectivity index (χ0) is 17.5. The molecule has 2 rings (SSSR count). The Bertz CT molecular complexity index is 586. The molecule has 1 fully saturated rings. The van der Waals surface area contributed by atoms with Crippen molar-refractivity contribution < 1.29 is 23.1 Å². The van der Waals surface area contributed by atoms with E-state index in [4.69, 9.17) is 4.74 Å². The molecule has 132 valence electrons. The number of hydrogen-bond donors (Lipinski definition) is 0. The number of carbonyl (C=O) groups excluding carboxylic acids is 2. The lowest BCUT2D eigenvalue weighted by molar-refractivity contribution is -0.143. The predicted molar refractivity (Wildman–Crippen MR) is 85.5 cm³/mol. The molecule has 1 aromatic rings. The van der Waals surface area contributed by atoms with Crippen LogP contribution in [0.25, 0.3) is 0 Å². The first-order valence-electron chi connectivity index (χ1n) is 8.44. The van der Waals surface area contributed by atoms with Crippen molar-refractivity contribution in [2.45, 2.75) is 51.5 Å². The second-order valence-electron chi connectivity index (χ2n) is 5.97. The number of ether oxygens (including phenoxy) is 1. The van der Waals surface area contributed by atoms with Gasteiger partial charge in [0.15, 0.2) is 11.6 Å². The summed E-state index contributed by atoms with van der Waals surface area (Å²) in [5, 5.41) is 0. The standard InChI is InChI=1S/C18H23F2NO3/c1-2-24-17(22)10-11-21(14-6-4-3-5-7-14)18(23)13-8-9-15(19)16(20)12-13/h8-9,12,14H,2-7,10-11H2,1H3. The van der Waals surface area contributed by atoms with Gasteiger partial charge in [-0.15, -0.1) is 0 Å². The zero-order valence-corrected chi connectivity index (χ0v) is 13.9. The maximum atomic E-state index is 13.4. The van der Waals surface area contributed by atoms with E-state index in [0.717, 1.165) is 44.2 Å². The van der Waals surface area contributed by atoms with Crippen LogP contribution in [0.1, 0.15) is 55.8 Å². The van der Waals surface area contributed by atoms with Gasteiger partial charge in [-0.25, -0.2) is 8.78 Å². The van der Waals surface area contributed by atoms with Gasteiger partial charge >= 0.3 is 5.97 Å². The van der Waals surface area contributed by atoms with Crippen molar-refractivity contribution in [3.63, 3.8) is 0 Å². The molecule has 0 spiro atoms. The van der Waals surface area contributed by atoms with E-state index in [1.54, 1.807) is 11.8 Å². The van der Waals surface area contributed by atoms with E-state index in [9.17, 15) is 18.4 Å². The smallest absolute Gasteiger partial charge is 0.307 e. The third-order valence-corrected chi connectivity index (χ3v) is 4.31. The second kappa shape index (κ2) is 8.76. The number of hydrogen-bond acceptors (Lipinski definition) is 3. The van der Waals surface area contributed by atoms with Gasteiger partial charge in [-0.05, 0) is 38.0 Å². The first-order valence-corrected chi connectivity index (χ1v) is 8.44. The van der Waals surface area contributed by atoms with Crippen LogP contribution in [-0.4, -0.2) is 36.0 Å². The Morgan fingerprint density at radius 3 is 2.50 bits per heavy atom. The van der Waals surface area contributed by atoms with Crippen molar-refractivity contribution in [3.05, 3.63) is 35.4 Å². The molecule has 6 heteroatoms. The molecule has 0 aromatic heterocycles. The highest BCUT2D eigenvalue weighted by molar-refractivity contribution is 5.94. The summed E-state index contributed by atoms with van der Waals surface area (Å²) in [7, 11) is 0. The van der Waals surface area contributed by atoms with E-state index in [2.05, 4.69) is 0 Å². The number of amides is 1. The number of nitrogens with zero attached hydrogens (tertiary/aromatic N) is 1. The molecule has 4 nitrogen and oxygen atoms in total. The molecule has 24 heavy (non-hydrogen) atoms. The second-order valence-corrected chi connectivity index (χ2v) is 5.97. The van der Waals surface area contributed by atoms with Gasteiger partial charge in [-0.3, -0.25) is 9.59 Å². The number of carbonyl (C=O) groups is 2. The van der Waals surface area contributed by atoms with Crippen LogP contribution < -0.4 is 0 Å². The molecular weight excluding hydrogens is 316 g/mol. The van der Waals surface area contributed by atoms with Crippen molar-refractivity contribution in [2.24, 2.45) is 0 Å². The van der Waals surface area contributed by atoms with Crippen molar-refractivity contribution in [3.8, 4) is 0 Å². The summed E-state index contributed by atoms with van der Waals surface area (Å²) in [5.74, 6) is -2.77. The molecule has 0 N–H and O–H groups in total. The Labute approximate surface area is 140 Å². The lowest BCUT2D eigenvalue weighted by Crippen LogP contribution is -2.42. The average Bonchev–Trinajstić information content (AvgIpc) is 2.58. The fourth-order valence-electron chi connectivity index (χ4n) is 3.08. The van der Waals surface area contributed by atoms with Gasteiger partial charge in [-0.2, -0.15) is 0 Å². The van der Waals surface area contributed by atoms with Gasteiger partial charge in [0.25, 0.3) is 5.91 Å². The van der Waals surface area contributed by atoms with Gasteiger partial charge in [-0.1, -0.05) is 19.3 Å². The van der Waals surface area contributed by atoms with Gasteiger partial charge < -0.3 is 9.64 Å². The molecule has 1 saturated carbocycles. The summed E-state index contributed by atoms with van der Waals surface area (Å²) in [6.07, 6.45) is 4.98. The lowest BCUT2D eigenvalue weighted by atomic mass is 9.93. The molecule has 0 radical (unpaired) electrons. The summed E-state index contributed by atoms with van der Waals surface area (Å²) in [6, 6.07) is 3.17. The fraction of sp³-hybridized carbons (Fsp3) is 0.556. The van der Waals surface area contributed by atoms with Gasteiger partial charge in [0.2, 0.25) is 0 Å². The minimum absolute atomic E-state index is 0.0220. The molecule has 1 aliphatic rings. The lowest BCUT2D eigenvalue weighted by Gasteiger charge is -2.34. The Balaban J connectivity index is 2.14. The van der Waals surface area contributed by atoms with Crippen LogP contribution in [0.4, 0.5) is 8.78 Å². The van der Waals surface area contributed by atoms with Crippen LogP contribution in [0.3, 0.4) is 0 Å². The third-order valence-electron chi connectivity index (χ3n) is 4.31. The summed E-state index contributed by atoms with van der Waals surface area (Å²) >= 11 is 0. The number of benzene rings is 1. The van der Waals surface area contributed by atoms with Crippen LogP contribution >= 0.6 is 0 Å². The Morgan fingerprint density at radius 1 is 1.17 bits per heavy atom. The minimum atomic E-state index is -1.05. The Hall–Kier alpha value is -1.98. The van der Waals surface area contributed by atoms with Crippen LogP contribution in [0.2, 0.25) is 0 Å². The fourth-order valence-corrected chi connectivity index (χ4v) is 3.08. The summed E-state index contributed by atoms with van der Waals surface area (Å²) in [5.41, 5.74) is 0.100. The van der Waals surface area contributed by atoms with E-state index in [-0.39, 0.29) is 36.4 Å². The average molecular weight is 339 g/mol. The summed E-state index contributed by atoms with van der Waals surface area (Å²) < 4.78 is 31.4. The van der Waals surface area contributed by atoms with Crippen molar-refractivity contribution in [1.82, 2.24) is 4.90 Å². The van der Waals surface area contributed by atoms with E-state index in [1.807, 2.05) is 0 Å². The number of halogens is 2. The van der Waals surface area contributed by atoms with E-state index < -0.39 is 11.6 Å². The number of esters is 1. The van der Waals surface area contributed by atoms with Crippen molar-refractivity contribution in [2.75, 3.05) is 13.2 Å². The molecule has 0 heterocycles. The maximum Gasteiger partial charge on any atom is 0.307 e. The van der Waals surface area contributed by atoms with Gasteiger partial charge in [0.1, 0.15) is 0 Å². The molecule has 1 amide bonds. The molecule has 1 aromatic carbocycles. The van der Waals surface area contributed by atoms with Crippen molar-refractivity contribution >= 4 is 11.9 Å².